The normalized spacial score (nSPS) is 28.3. The second kappa shape index (κ2) is 4.76. The van der Waals surface area contributed by atoms with Crippen LogP contribution in [0.5, 0.6) is 0 Å². The molecule has 1 amide bonds. The number of likely N-dealkylation sites (tertiary alicyclic amines) is 1. The van der Waals surface area contributed by atoms with Gasteiger partial charge in [-0.1, -0.05) is 6.92 Å². The summed E-state index contributed by atoms with van der Waals surface area (Å²) < 4.78 is 5.19. The largest absolute Gasteiger partial charge is 0.479 e. The number of hydrogen-bond acceptors (Lipinski definition) is 4. The molecule has 0 aromatic carbocycles. The minimum absolute atomic E-state index is 0.00491. The molecule has 0 unspecified atom stereocenters. The highest BCUT2D eigenvalue weighted by Gasteiger charge is 2.53. The number of rotatable bonds is 2. The third-order valence-electron chi connectivity index (χ3n) is 3.08. The number of hydrogen-bond donors (Lipinski definition) is 2. The molecule has 1 heterocycles. The van der Waals surface area contributed by atoms with E-state index in [-0.39, 0.29) is 19.4 Å². The van der Waals surface area contributed by atoms with Crippen LogP contribution in [-0.2, 0) is 9.53 Å². The lowest BCUT2D eigenvalue weighted by Gasteiger charge is -2.34. The SMILES string of the molecule is CC[C@@]1(C(=O)O)C[C@H](O)CN1C(=O)OC(C)(C)C. The van der Waals surface area contributed by atoms with Gasteiger partial charge >= 0.3 is 12.1 Å². The molecular weight excluding hydrogens is 238 g/mol. The molecule has 6 heteroatoms. The van der Waals surface area contributed by atoms with Gasteiger partial charge in [0.25, 0.3) is 0 Å². The second-order valence-corrected chi connectivity index (χ2v) is 5.64. The van der Waals surface area contributed by atoms with Gasteiger partial charge in [-0.05, 0) is 27.2 Å². The Morgan fingerprint density at radius 1 is 1.44 bits per heavy atom. The van der Waals surface area contributed by atoms with Gasteiger partial charge in [-0.3, -0.25) is 4.90 Å². The zero-order valence-electron chi connectivity index (χ0n) is 11.3. The van der Waals surface area contributed by atoms with Crippen LogP contribution in [0.1, 0.15) is 40.5 Å². The maximum atomic E-state index is 12.0. The monoisotopic (exact) mass is 259 g/mol. The highest BCUT2D eigenvalue weighted by molar-refractivity contribution is 5.85. The highest BCUT2D eigenvalue weighted by Crippen LogP contribution is 2.34. The van der Waals surface area contributed by atoms with Crippen LogP contribution in [0.2, 0.25) is 0 Å². The first kappa shape index (κ1) is 14.8. The van der Waals surface area contributed by atoms with E-state index in [1.165, 1.54) is 0 Å². The van der Waals surface area contributed by atoms with E-state index in [9.17, 15) is 19.8 Å². The molecule has 0 bridgehead atoms. The molecule has 6 nitrogen and oxygen atoms in total. The van der Waals surface area contributed by atoms with Crippen LogP contribution in [0.3, 0.4) is 0 Å². The minimum atomic E-state index is -1.36. The van der Waals surface area contributed by atoms with Crippen LogP contribution in [0.25, 0.3) is 0 Å². The first-order chi connectivity index (χ1) is 8.12. The molecule has 104 valence electrons. The molecule has 18 heavy (non-hydrogen) atoms. The van der Waals surface area contributed by atoms with E-state index in [0.29, 0.717) is 0 Å². The van der Waals surface area contributed by atoms with E-state index < -0.39 is 29.3 Å². The fourth-order valence-corrected chi connectivity index (χ4v) is 2.21. The Kier molecular flexibility index (Phi) is 3.90. The van der Waals surface area contributed by atoms with Gasteiger partial charge in [0, 0.05) is 6.42 Å². The van der Waals surface area contributed by atoms with Gasteiger partial charge in [0.2, 0.25) is 0 Å². The number of nitrogens with zero attached hydrogens (tertiary/aromatic N) is 1. The van der Waals surface area contributed by atoms with E-state index in [1.54, 1.807) is 27.7 Å². The number of aliphatic carboxylic acids is 1. The number of carboxylic acid groups (broad SMARTS) is 1. The molecule has 0 saturated carbocycles. The third kappa shape index (κ3) is 2.75. The van der Waals surface area contributed by atoms with Crippen molar-refractivity contribution in [2.75, 3.05) is 6.54 Å². The number of carboxylic acids is 1. The summed E-state index contributed by atoms with van der Waals surface area (Å²) >= 11 is 0. The molecule has 1 aliphatic rings. The Bertz CT molecular complexity index is 349. The number of amides is 1. The Hall–Kier alpha value is -1.30. The van der Waals surface area contributed by atoms with Crippen molar-refractivity contribution in [2.45, 2.75) is 57.8 Å². The average Bonchev–Trinajstić information content (AvgIpc) is 2.54. The van der Waals surface area contributed by atoms with Gasteiger partial charge in [0.15, 0.2) is 0 Å². The van der Waals surface area contributed by atoms with Gasteiger partial charge in [-0.25, -0.2) is 9.59 Å². The van der Waals surface area contributed by atoms with Crippen LogP contribution < -0.4 is 0 Å². The topological polar surface area (TPSA) is 87.1 Å². The van der Waals surface area contributed by atoms with E-state index in [0.717, 1.165) is 4.90 Å². The van der Waals surface area contributed by atoms with Gasteiger partial charge < -0.3 is 14.9 Å². The molecule has 1 fully saturated rings. The number of carbonyl (C=O) groups excluding carboxylic acids is 1. The number of β-amino-alcohol motifs (C(OH)–C–C–N with tert-alkyl or cyclic N) is 1. The molecule has 0 aromatic rings. The van der Waals surface area contributed by atoms with Crippen molar-refractivity contribution in [3.05, 3.63) is 0 Å². The van der Waals surface area contributed by atoms with Crippen molar-refractivity contribution in [3.8, 4) is 0 Å². The maximum absolute atomic E-state index is 12.0. The molecule has 0 aliphatic carbocycles. The van der Waals surface area contributed by atoms with Gasteiger partial charge in [0.05, 0.1) is 12.6 Å². The summed E-state index contributed by atoms with van der Waals surface area (Å²) in [6.07, 6.45) is -1.24. The van der Waals surface area contributed by atoms with Crippen molar-refractivity contribution in [1.29, 1.82) is 0 Å². The van der Waals surface area contributed by atoms with E-state index in [4.69, 9.17) is 4.74 Å². The van der Waals surface area contributed by atoms with Crippen LogP contribution in [0, 0.1) is 0 Å². The fourth-order valence-electron chi connectivity index (χ4n) is 2.21. The quantitative estimate of drug-likeness (QED) is 0.778. The Labute approximate surface area is 107 Å². The predicted molar refractivity (Wildman–Crippen MR) is 64.2 cm³/mol. The van der Waals surface area contributed by atoms with E-state index >= 15 is 0 Å². The Morgan fingerprint density at radius 2 is 2.00 bits per heavy atom. The highest BCUT2D eigenvalue weighted by atomic mass is 16.6. The number of aliphatic hydroxyl groups excluding tert-OH is 1. The zero-order chi connectivity index (χ0) is 14.1. The average molecular weight is 259 g/mol. The van der Waals surface area contributed by atoms with Gasteiger partial charge in [-0.15, -0.1) is 0 Å². The van der Waals surface area contributed by atoms with Gasteiger partial charge in [-0.2, -0.15) is 0 Å². The van der Waals surface area contributed by atoms with Crippen LogP contribution in [0.4, 0.5) is 4.79 Å². The summed E-state index contributed by atoms with van der Waals surface area (Å²) in [5, 5.41) is 19.0. The predicted octanol–water partition coefficient (Wildman–Crippen LogP) is 1.22. The zero-order valence-corrected chi connectivity index (χ0v) is 11.3. The Morgan fingerprint density at radius 3 is 2.39 bits per heavy atom. The summed E-state index contributed by atoms with van der Waals surface area (Å²) in [6.45, 7) is 6.82. The van der Waals surface area contributed by atoms with E-state index in [1.807, 2.05) is 0 Å². The molecular formula is C12H21NO5. The second-order valence-electron chi connectivity index (χ2n) is 5.64. The summed E-state index contributed by atoms with van der Waals surface area (Å²) in [5.74, 6) is -1.10. The number of aliphatic hydroxyl groups is 1. The maximum Gasteiger partial charge on any atom is 0.411 e. The summed E-state index contributed by atoms with van der Waals surface area (Å²) in [5.41, 5.74) is -2.05. The van der Waals surface area contributed by atoms with Crippen molar-refractivity contribution in [2.24, 2.45) is 0 Å². The first-order valence-electron chi connectivity index (χ1n) is 6.04. The lowest BCUT2D eigenvalue weighted by atomic mass is 9.92. The molecule has 1 rings (SSSR count). The minimum Gasteiger partial charge on any atom is -0.479 e. The summed E-state index contributed by atoms with van der Waals surface area (Å²) in [7, 11) is 0. The number of carbonyl (C=O) groups is 2. The molecule has 1 saturated heterocycles. The first-order valence-corrected chi connectivity index (χ1v) is 6.04. The molecule has 1 aliphatic heterocycles. The van der Waals surface area contributed by atoms with Crippen molar-refractivity contribution < 1.29 is 24.5 Å². The van der Waals surface area contributed by atoms with Crippen LogP contribution >= 0.6 is 0 Å². The molecule has 0 radical (unpaired) electrons. The van der Waals surface area contributed by atoms with Crippen molar-refractivity contribution in [3.63, 3.8) is 0 Å². The fraction of sp³-hybridized carbons (Fsp3) is 0.833. The molecule has 2 N–H and O–H groups in total. The molecule has 0 aromatic heterocycles. The van der Waals surface area contributed by atoms with E-state index in [2.05, 4.69) is 0 Å². The Balaban J connectivity index is 2.98. The third-order valence-corrected chi connectivity index (χ3v) is 3.08. The lowest BCUT2D eigenvalue weighted by Crippen LogP contribution is -2.53. The summed E-state index contributed by atoms with van der Waals surface area (Å²) in [4.78, 5) is 24.6. The molecule has 2 atom stereocenters. The summed E-state index contributed by atoms with van der Waals surface area (Å²) in [6, 6.07) is 0. The van der Waals surface area contributed by atoms with Crippen LogP contribution in [0.15, 0.2) is 0 Å². The van der Waals surface area contributed by atoms with Crippen molar-refractivity contribution >= 4 is 12.1 Å². The smallest absolute Gasteiger partial charge is 0.411 e. The standard InChI is InChI=1S/C12H21NO5/c1-5-12(9(15)16)6-8(14)7-13(12)10(17)18-11(2,3)4/h8,14H,5-7H2,1-4H3,(H,15,16)/t8-,12-/m0/s1. The molecule has 0 spiro atoms. The van der Waals surface area contributed by atoms with Gasteiger partial charge in [0.1, 0.15) is 11.1 Å². The lowest BCUT2D eigenvalue weighted by molar-refractivity contribution is -0.149. The number of ether oxygens (including phenoxy) is 1. The van der Waals surface area contributed by atoms with Crippen molar-refractivity contribution in [1.82, 2.24) is 4.90 Å². The van der Waals surface area contributed by atoms with Crippen LogP contribution in [-0.4, -0.2) is 51.0 Å².